The maximum Gasteiger partial charge on any atom is 0.319 e. The molecule has 9 heteroatoms. The minimum Gasteiger partial charge on any atom is -0.328 e. The van der Waals surface area contributed by atoms with E-state index in [-0.39, 0.29) is 6.03 Å². The van der Waals surface area contributed by atoms with Crippen molar-refractivity contribution in [3.05, 3.63) is 99.3 Å². The van der Waals surface area contributed by atoms with Crippen LogP contribution in [0, 0.1) is 13.8 Å². The van der Waals surface area contributed by atoms with Crippen LogP contribution >= 0.6 is 35.0 Å². The smallest absolute Gasteiger partial charge is 0.319 e. The quantitative estimate of drug-likeness (QED) is 0.247. The van der Waals surface area contributed by atoms with Gasteiger partial charge in [0.15, 0.2) is 11.0 Å². The summed E-state index contributed by atoms with van der Waals surface area (Å²) in [5.74, 6) is 1.39. The standard InChI is InChI=1S/C26H25Cl2N5OS/c1-16-8-11-21(12-9-16)33-24(31-32-26(33)35-15-19-7-5-4-6-17(19)2)18(3)29-25(34)30-20-10-13-22(27)23(28)14-20/h4-14,18H,15H2,1-3H3,(H2,29,30,34)/t18-/m0/s1. The third kappa shape index (κ3) is 6.17. The Morgan fingerprint density at radius 1 is 1.00 bits per heavy atom. The molecule has 1 atom stereocenters. The van der Waals surface area contributed by atoms with Gasteiger partial charge in [0.25, 0.3) is 0 Å². The highest BCUT2D eigenvalue weighted by atomic mass is 35.5. The molecule has 2 amide bonds. The summed E-state index contributed by atoms with van der Waals surface area (Å²) in [4.78, 5) is 12.7. The topological polar surface area (TPSA) is 71.8 Å². The van der Waals surface area contributed by atoms with Crippen molar-refractivity contribution < 1.29 is 4.79 Å². The molecule has 35 heavy (non-hydrogen) atoms. The number of nitrogens with one attached hydrogen (secondary N) is 2. The minimum absolute atomic E-state index is 0.368. The van der Waals surface area contributed by atoms with Crippen molar-refractivity contribution >= 4 is 46.7 Å². The second kappa shape index (κ2) is 11.2. The number of thioether (sulfide) groups is 1. The lowest BCUT2D eigenvalue weighted by molar-refractivity contribution is 0.249. The van der Waals surface area contributed by atoms with Crippen LogP contribution in [0.5, 0.6) is 0 Å². The number of urea groups is 1. The summed E-state index contributed by atoms with van der Waals surface area (Å²) >= 11 is 13.6. The van der Waals surface area contributed by atoms with Crippen molar-refractivity contribution in [2.24, 2.45) is 0 Å². The van der Waals surface area contributed by atoms with Gasteiger partial charge >= 0.3 is 6.03 Å². The number of hydrogen-bond acceptors (Lipinski definition) is 4. The fourth-order valence-corrected chi connectivity index (χ4v) is 4.84. The first-order chi connectivity index (χ1) is 16.8. The molecule has 180 valence electrons. The average Bonchev–Trinajstić information content (AvgIpc) is 3.25. The maximum absolute atomic E-state index is 12.7. The Kier molecular flexibility index (Phi) is 8.00. The first-order valence-electron chi connectivity index (χ1n) is 11.0. The number of amides is 2. The Hall–Kier alpha value is -3.00. The SMILES string of the molecule is Cc1ccc(-n2c(SCc3ccccc3C)nnc2[C@H](C)NC(=O)Nc2ccc(Cl)c(Cl)c2)cc1. The van der Waals surface area contributed by atoms with Crippen LogP contribution < -0.4 is 10.6 Å². The van der Waals surface area contributed by atoms with Crippen LogP contribution in [0.25, 0.3) is 5.69 Å². The third-order valence-corrected chi connectivity index (χ3v) is 7.20. The lowest BCUT2D eigenvalue weighted by Gasteiger charge is -2.17. The van der Waals surface area contributed by atoms with E-state index in [1.54, 1.807) is 30.0 Å². The predicted octanol–water partition coefficient (Wildman–Crippen LogP) is 7.37. The summed E-state index contributed by atoms with van der Waals surface area (Å²) in [6, 6.07) is 20.6. The van der Waals surface area contributed by atoms with E-state index < -0.39 is 6.04 Å². The van der Waals surface area contributed by atoms with Gasteiger partial charge in [0.05, 0.1) is 16.1 Å². The van der Waals surface area contributed by atoms with E-state index in [0.717, 1.165) is 22.2 Å². The molecule has 0 saturated carbocycles. The summed E-state index contributed by atoms with van der Waals surface area (Å²) in [7, 11) is 0. The van der Waals surface area contributed by atoms with E-state index >= 15 is 0 Å². The van der Waals surface area contributed by atoms with Crippen LogP contribution in [0.1, 0.15) is 35.5 Å². The van der Waals surface area contributed by atoms with E-state index in [9.17, 15) is 4.79 Å². The molecular weight excluding hydrogens is 501 g/mol. The number of benzene rings is 3. The van der Waals surface area contributed by atoms with E-state index in [0.29, 0.717) is 21.6 Å². The number of nitrogens with zero attached hydrogens (tertiary/aromatic N) is 3. The minimum atomic E-state index is -0.417. The van der Waals surface area contributed by atoms with Gasteiger partial charge in [-0.15, -0.1) is 10.2 Å². The van der Waals surface area contributed by atoms with E-state index in [1.165, 1.54) is 11.1 Å². The molecule has 4 rings (SSSR count). The third-order valence-electron chi connectivity index (χ3n) is 5.48. The van der Waals surface area contributed by atoms with Crippen LogP contribution in [0.15, 0.2) is 71.9 Å². The number of halogens is 2. The van der Waals surface area contributed by atoms with Gasteiger partial charge in [-0.05, 0) is 62.2 Å². The lowest BCUT2D eigenvalue weighted by Crippen LogP contribution is -2.32. The monoisotopic (exact) mass is 525 g/mol. The van der Waals surface area contributed by atoms with Crippen LogP contribution in [0.4, 0.5) is 10.5 Å². The molecule has 0 spiro atoms. The largest absolute Gasteiger partial charge is 0.328 e. The highest BCUT2D eigenvalue weighted by Crippen LogP contribution is 2.29. The Labute approximate surface area is 219 Å². The summed E-state index contributed by atoms with van der Waals surface area (Å²) in [6.45, 7) is 6.02. The van der Waals surface area contributed by atoms with E-state index in [4.69, 9.17) is 23.2 Å². The number of aryl methyl sites for hydroxylation is 2. The first kappa shape index (κ1) is 25.1. The van der Waals surface area contributed by atoms with E-state index in [2.05, 4.69) is 39.9 Å². The molecule has 1 heterocycles. The summed E-state index contributed by atoms with van der Waals surface area (Å²) < 4.78 is 1.99. The van der Waals surface area contributed by atoms with Crippen LogP contribution in [-0.4, -0.2) is 20.8 Å². The zero-order valence-electron chi connectivity index (χ0n) is 19.5. The molecule has 0 aliphatic rings. The molecule has 2 N–H and O–H groups in total. The number of rotatable bonds is 7. The molecule has 0 radical (unpaired) electrons. The molecule has 0 aliphatic heterocycles. The van der Waals surface area contributed by atoms with Gasteiger partial charge in [0.2, 0.25) is 0 Å². The number of hydrogen-bond donors (Lipinski definition) is 2. The number of aromatic nitrogens is 3. The first-order valence-corrected chi connectivity index (χ1v) is 12.8. The van der Waals surface area contributed by atoms with Crippen molar-refractivity contribution in [3.63, 3.8) is 0 Å². The molecule has 1 aromatic heterocycles. The Morgan fingerprint density at radius 2 is 1.74 bits per heavy atom. The van der Waals surface area contributed by atoms with Gasteiger partial charge in [-0.25, -0.2) is 4.79 Å². The summed E-state index contributed by atoms with van der Waals surface area (Å²) in [5, 5.41) is 16.2. The van der Waals surface area contributed by atoms with Crippen molar-refractivity contribution in [1.82, 2.24) is 20.1 Å². The molecule has 6 nitrogen and oxygen atoms in total. The summed E-state index contributed by atoms with van der Waals surface area (Å²) in [5.41, 5.74) is 5.10. The Balaban J connectivity index is 1.57. The molecule has 0 unspecified atom stereocenters. The normalized spacial score (nSPS) is 11.8. The maximum atomic E-state index is 12.7. The second-order valence-corrected chi connectivity index (χ2v) is 9.93. The van der Waals surface area contributed by atoms with Gasteiger partial charge in [-0.3, -0.25) is 4.57 Å². The fraction of sp³-hybridized carbons (Fsp3) is 0.192. The van der Waals surface area contributed by atoms with Gasteiger partial charge in [-0.2, -0.15) is 0 Å². The molecule has 3 aromatic carbocycles. The van der Waals surface area contributed by atoms with Gasteiger partial charge in [-0.1, -0.05) is 76.9 Å². The Morgan fingerprint density at radius 3 is 2.46 bits per heavy atom. The number of anilines is 1. The number of carbonyl (C=O) groups excluding carboxylic acids is 1. The predicted molar refractivity (Wildman–Crippen MR) is 144 cm³/mol. The van der Waals surface area contributed by atoms with Gasteiger partial charge < -0.3 is 10.6 Å². The van der Waals surface area contributed by atoms with Crippen molar-refractivity contribution in [2.75, 3.05) is 5.32 Å². The van der Waals surface area contributed by atoms with Crippen molar-refractivity contribution in [1.29, 1.82) is 0 Å². The Bertz CT molecular complexity index is 1340. The zero-order chi connectivity index (χ0) is 24.9. The van der Waals surface area contributed by atoms with Gasteiger partial charge in [0, 0.05) is 17.1 Å². The van der Waals surface area contributed by atoms with Crippen LogP contribution in [0.3, 0.4) is 0 Å². The number of carbonyl (C=O) groups is 1. The zero-order valence-corrected chi connectivity index (χ0v) is 21.9. The molecule has 0 fully saturated rings. The molecule has 0 saturated heterocycles. The summed E-state index contributed by atoms with van der Waals surface area (Å²) in [6.07, 6.45) is 0. The highest BCUT2D eigenvalue weighted by molar-refractivity contribution is 7.98. The molecule has 4 aromatic rings. The molecular formula is C26H25Cl2N5OS. The van der Waals surface area contributed by atoms with E-state index in [1.807, 2.05) is 54.8 Å². The molecule has 0 bridgehead atoms. The van der Waals surface area contributed by atoms with Crippen molar-refractivity contribution in [3.8, 4) is 5.69 Å². The van der Waals surface area contributed by atoms with Crippen LogP contribution in [-0.2, 0) is 5.75 Å². The lowest BCUT2D eigenvalue weighted by atomic mass is 10.1. The average molecular weight is 526 g/mol. The van der Waals surface area contributed by atoms with Crippen molar-refractivity contribution in [2.45, 2.75) is 37.7 Å². The van der Waals surface area contributed by atoms with Crippen LogP contribution in [0.2, 0.25) is 10.0 Å². The van der Waals surface area contributed by atoms with Gasteiger partial charge in [0.1, 0.15) is 0 Å². The second-order valence-electron chi connectivity index (χ2n) is 8.18. The fourth-order valence-electron chi connectivity index (χ4n) is 3.51. The highest BCUT2D eigenvalue weighted by Gasteiger charge is 2.21. The molecule has 0 aliphatic carbocycles.